The number of carbonyl (C=O) groups excluding carboxylic acids is 1. The van der Waals surface area contributed by atoms with E-state index in [0.717, 1.165) is 29.7 Å². The van der Waals surface area contributed by atoms with Gasteiger partial charge in [0.2, 0.25) is 0 Å². The fraction of sp³-hybridized carbons (Fsp3) is 0.348. The molecule has 0 aliphatic heterocycles. The number of hydrogen-bond acceptors (Lipinski definition) is 4. The van der Waals surface area contributed by atoms with Gasteiger partial charge in [0.1, 0.15) is 17.3 Å². The zero-order valence-corrected chi connectivity index (χ0v) is 16.5. The van der Waals surface area contributed by atoms with Gasteiger partial charge in [-0.05, 0) is 56.9 Å². The Hall–Kier alpha value is -2.75. The molecule has 27 heavy (non-hydrogen) atoms. The van der Waals surface area contributed by atoms with E-state index in [1.807, 2.05) is 26.8 Å². The normalized spacial score (nSPS) is 13.6. The Morgan fingerprint density at radius 1 is 1.19 bits per heavy atom. The van der Waals surface area contributed by atoms with Gasteiger partial charge in [0.15, 0.2) is 5.78 Å². The summed E-state index contributed by atoms with van der Waals surface area (Å²) >= 11 is 0. The summed E-state index contributed by atoms with van der Waals surface area (Å²) in [6.45, 7) is 8.12. The number of aromatic hydroxyl groups is 2. The van der Waals surface area contributed by atoms with Crippen molar-refractivity contribution >= 4 is 5.78 Å². The summed E-state index contributed by atoms with van der Waals surface area (Å²) in [7, 11) is 0. The van der Waals surface area contributed by atoms with Crippen LogP contribution in [0.1, 0.15) is 55.3 Å². The summed E-state index contributed by atoms with van der Waals surface area (Å²) in [5.41, 5.74) is 3.76. The molecular weight excluding hydrogens is 340 g/mol. The molecule has 4 nitrogen and oxygen atoms in total. The van der Waals surface area contributed by atoms with Crippen molar-refractivity contribution in [1.29, 1.82) is 0 Å². The van der Waals surface area contributed by atoms with Gasteiger partial charge >= 0.3 is 0 Å². The summed E-state index contributed by atoms with van der Waals surface area (Å²) in [6.07, 6.45) is 7.98. The van der Waals surface area contributed by atoms with Crippen LogP contribution in [0.5, 0.6) is 11.5 Å². The van der Waals surface area contributed by atoms with Crippen LogP contribution in [0.4, 0.5) is 0 Å². The highest BCUT2D eigenvalue weighted by molar-refractivity contribution is 5.99. The Bertz CT molecular complexity index is 855. The second-order valence-electron chi connectivity index (χ2n) is 7.23. The van der Waals surface area contributed by atoms with E-state index in [1.165, 1.54) is 23.8 Å². The molecule has 2 N–H and O–H groups in total. The molecule has 0 fully saturated rings. The average Bonchev–Trinajstić information content (AvgIpc) is 2.99. The molecular formula is C23H28O4. The molecule has 4 heteroatoms. The SMILES string of the molecule is C/C(=C\C/C=C(\C)[C@@H](C)CC(=O)c1ccc(O)cc1O)Cc1cc(C)co1. The van der Waals surface area contributed by atoms with Crippen molar-refractivity contribution in [1.82, 2.24) is 0 Å². The number of hydrogen-bond donors (Lipinski definition) is 2. The number of allylic oxidation sites excluding steroid dienone is 4. The highest BCUT2D eigenvalue weighted by atomic mass is 16.3. The molecule has 144 valence electrons. The van der Waals surface area contributed by atoms with Gasteiger partial charge in [-0.2, -0.15) is 0 Å². The molecule has 2 rings (SSSR count). The molecule has 2 aromatic rings. The van der Waals surface area contributed by atoms with Crippen LogP contribution in [-0.4, -0.2) is 16.0 Å². The molecule has 0 aliphatic carbocycles. The van der Waals surface area contributed by atoms with Crippen molar-refractivity contribution in [3.8, 4) is 11.5 Å². The average molecular weight is 368 g/mol. The van der Waals surface area contributed by atoms with Gasteiger partial charge in [-0.1, -0.05) is 30.2 Å². The number of Topliss-reactive ketones (excluding diaryl/α,β-unsaturated/α-hetero) is 1. The number of carbonyl (C=O) groups is 1. The van der Waals surface area contributed by atoms with Crippen LogP contribution in [0, 0.1) is 12.8 Å². The molecule has 1 heterocycles. The van der Waals surface area contributed by atoms with Gasteiger partial charge in [-0.25, -0.2) is 0 Å². The van der Waals surface area contributed by atoms with Crippen LogP contribution >= 0.6 is 0 Å². The van der Waals surface area contributed by atoms with Gasteiger partial charge in [0.05, 0.1) is 11.8 Å². The third kappa shape index (κ3) is 6.17. The number of ketones is 1. The van der Waals surface area contributed by atoms with Gasteiger partial charge in [-0.15, -0.1) is 0 Å². The van der Waals surface area contributed by atoms with Gasteiger partial charge in [-0.3, -0.25) is 4.79 Å². The number of phenolic OH excluding ortho intramolecular Hbond substituents is 2. The number of furan rings is 1. The molecule has 0 amide bonds. The van der Waals surface area contributed by atoms with E-state index < -0.39 is 0 Å². The lowest BCUT2D eigenvalue weighted by atomic mass is 9.93. The summed E-state index contributed by atoms with van der Waals surface area (Å²) in [5.74, 6) is 0.676. The Morgan fingerprint density at radius 3 is 2.56 bits per heavy atom. The largest absolute Gasteiger partial charge is 0.508 e. The lowest BCUT2D eigenvalue weighted by molar-refractivity contribution is 0.0967. The summed E-state index contributed by atoms with van der Waals surface area (Å²) in [6, 6.07) is 6.11. The topological polar surface area (TPSA) is 70.7 Å². The lowest BCUT2D eigenvalue weighted by Gasteiger charge is -2.12. The van der Waals surface area contributed by atoms with E-state index in [2.05, 4.69) is 19.1 Å². The minimum Gasteiger partial charge on any atom is -0.508 e. The van der Waals surface area contributed by atoms with Crippen LogP contribution in [0.15, 0.2) is 58.2 Å². The Labute approximate surface area is 160 Å². The van der Waals surface area contributed by atoms with E-state index in [1.54, 1.807) is 6.26 Å². The molecule has 0 unspecified atom stereocenters. The first-order valence-electron chi connectivity index (χ1n) is 9.17. The van der Waals surface area contributed by atoms with Gasteiger partial charge in [0.25, 0.3) is 0 Å². The van der Waals surface area contributed by atoms with E-state index in [-0.39, 0.29) is 28.8 Å². The first-order chi connectivity index (χ1) is 12.8. The molecule has 1 aromatic heterocycles. The van der Waals surface area contributed by atoms with Crippen LogP contribution in [0.25, 0.3) is 0 Å². The van der Waals surface area contributed by atoms with Crippen LogP contribution < -0.4 is 0 Å². The van der Waals surface area contributed by atoms with Crippen molar-refractivity contribution < 1.29 is 19.4 Å². The summed E-state index contributed by atoms with van der Waals surface area (Å²) in [5, 5.41) is 19.2. The van der Waals surface area contributed by atoms with E-state index >= 15 is 0 Å². The van der Waals surface area contributed by atoms with Crippen LogP contribution in [0.2, 0.25) is 0 Å². The van der Waals surface area contributed by atoms with Crippen LogP contribution in [-0.2, 0) is 6.42 Å². The molecule has 0 bridgehead atoms. The van der Waals surface area contributed by atoms with E-state index in [0.29, 0.717) is 6.42 Å². The van der Waals surface area contributed by atoms with Crippen molar-refractivity contribution in [2.24, 2.45) is 5.92 Å². The molecule has 0 aliphatic rings. The van der Waals surface area contributed by atoms with Gasteiger partial charge in [0, 0.05) is 18.9 Å². The Kier molecular flexibility index (Phi) is 7.05. The smallest absolute Gasteiger partial charge is 0.167 e. The number of aryl methyl sites for hydroxylation is 1. The fourth-order valence-electron chi connectivity index (χ4n) is 2.88. The third-order valence-corrected chi connectivity index (χ3v) is 4.69. The third-order valence-electron chi connectivity index (χ3n) is 4.69. The minimum absolute atomic E-state index is 0.0555. The monoisotopic (exact) mass is 368 g/mol. The first-order valence-corrected chi connectivity index (χ1v) is 9.17. The molecule has 0 spiro atoms. The maximum Gasteiger partial charge on any atom is 0.167 e. The first kappa shape index (κ1) is 20.6. The van der Waals surface area contributed by atoms with Crippen LogP contribution in [0.3, 0.4) is 0 Å². The van der Waals surface area contributed by atoms with Crippen molar-refractivity contribution in [3.05, 3.63) is 70.7 Å². The minimum atomic E-state index is -0.180. The van der Waals surface area contributed by atoms with Crippen molar-refractivity contribution in [3.63, 3.8) is 0 Å². The predicted molar refractivity (Wildman–Crippen MR) is 107 cm³/mol. The van der Waals surface area contributed by atoms with Crippen molar-refractivity contribution in [2.75, 3.05) is 0 Å². The second kappa shape index (κ2) is 9.26. The maximum atomic E-state index is 12.4. The highest BCUT2D eigenvalue weighted by Crippen LogP contribution is 2.26. The highest BCUT2D eigenvalue weighted by Gasteiger charge is 2.16. The second-order valence-corrected chi connectivity index (χ2v) is 7.23. The zero-order chi connectivity index (χ0) is 20.0. The van der Waals surface area contributed by atoms with E-state index in [4.69, 9.17) is 4.42 Å². The summed E-state index contributed by atoms with van der Waals surface area (Å²) < 4.78 is 5.47. The number of benzene rings is 1. The fourth-order valence-corrected chi connectivity index (χ4v) is 2.88. The predicted octanol–water partition coefficient (Wildman–Crippen LogP) is 5.73. The molecule has 0 radical (unpaired) electrons. The van der Waals surface area contributed by atoms with E-state index in [9.17, 15) is 15.0 Å². The molecule has 1 aromatic carbocycles. The molecule has 0 saturated carbocycles. The maximum absolute atomic E-state index is 12.4. The Balaban J connectivity index is 1.90. The number of rotatable bonds is 8. The van der Waals surface area contributed by atoms with Gasteiger partial charge < -0.3 is 14.6 Å². The Morgan fingerprint density at radius 2 is 1.93 bits per heavy atom. The molecule has 0 saturated heterocycles. The standard InChI is InChI=1S/C23H28O4/c1-15(10-20-11-16(2)14-27-20)6-5-7-17(3)18(4)12-22(25)21-9-8-19(24)13-23(21)26/h6-9,11,13-14,18,24,26H,5,10,12H2,1-4H3/b15-6+,17-7+/t18-/m0/s1. The number of phenols is 2. The zero-order valence-electron chi connectivity index (χ0n) is 16.5. The van der Waals surface area contributed by atoms with Crippen molar-refractivity contribution in [2.45, 2.75) is 47.0 Å². The molecule has 1 atom stereocenters. The quantitative estimate of drug-likeness (QED) is 0.461. The summed E-state index contributed by atoms with van der Waals surface area (Å²) in [4.78, 5) is 12.4. The lowest BCUT2D eigenvalue weighted by Crippen LogP contribution is -2.07.